The third kappa shape index (κ3) is 4.94. The number of anilines is 3. The Morgan fingerprint density at radius 2 is 1.33 bits per heavy atom. The molecule has 1 aromatic heterocycles. The van der Waals surface area contributed by atoms with Crippen molar-refractivity contribution in [2.75, 3.05) is 4.90 Å². The molecule has 4 bridgehead atoms. The molecule has 1 spiro atoms. The molecule has 0 radical (unpaired) electrons. The lowest BCUT2D eigenvalue weighted by atomic mass is 9.60. The molecule has 1 heterocycles. The summed E-state index contributed by atoms with van der Waals surface area (Å²) in [5, 5.41) is 2.33. The quantitative estimate of drug-likeness (QED) is 0.177. The largest absolute Gasteiger partial charge is 0.455 e. The van der Waals surface area contributed by atoms with Crippen molar-refractivity contribution in [2.45, 2.75) is 70.1 Å². The molecule has 3 fully saturated rings. The SMILES string of the molecule is C[C@H]1C2Cc3ccc(N(c4ccc(-c5cccc6c5oc5ccccc56)cc4)c4cccc5c4-c4ccccc4C54CC5CCC4C5)cc3-c3ccccc3[C@@H](C)CC1C2. The van der Waals surface area contributed by atoms with Gasteiger partial charge >= 0.3 is 0 Å². The van der Waals surface area contributed by atoms with Crippen molar-refractivity contribution in [3.05, 3.63) is 174 Å². The van der Waals surface area contributed by atoms with Crippen LogP contribution in [0.5, 0.6) is 0 Å². The van der Waals surface area contributed by atoms with Crippen LogP contribution in [0.2, 0.25) is 0 Å². The van der Waals surface area contributed by atoms with Crippen LogP contribution in [0.3, 0.4) is 0 Å². The lowest BCUT2D eigenvalue weighted by molar-refractivity contribution is 0.0748. The van der Waals surface area contributed by atoms with Gasteiger partial charge in [-0.2, -0.15) is 0 Å². The average Bonchev–Trinajstić information content (AvgIpc) is 4.08. The van der Waals surface area contributed by atoms with Crippen molar-refractivity contribution >= 4 is 39.0 Å². The monoisotopic (exact) mass is 777 g/mol. The molecular weight excluding hydrogens is 727 g/mol. The standard InChI is InChI=1S/C58H51NO/c1-35-29-40-32-41(36(40)2)31-39-24-28-44(33-51(39)47-12-4-3-11-45(35)47)59(43-26-22-38(23-27-43)46-15-9-16-49-48-13-6-8-20-55(48)60-57(46)49)54-19-10-18-53-56(54)50-14-5-7-17-52(50)58(53)34-37-21-25-42(58)30-37/h3-20,22-24,26-28,33,35-37,40-42H,21,25,29-32,34H2,1-2H3/t35-,36+,37?,40?,41?,42?,58?/m0/s1. The topological polar surface area (TPSA) is 16.4 Å². The van der Waals surface area contributed by atoms with Crippen LogP contribution in [0, 0.1) is 29.6 Å². The zero-order valence-corrected chi connectivity index (χ0v) is 34.7. The smallest absolute Gasteiger partial charge is 0.143 e. The maximum Gasteiger partial charge on any atom is 0.143 e. The van der Waals surface area contributed by atoms with E-state index in [2.05, 4.69) is 170 Å². The summed E-state index contributed by atoms with van der Waals surface area (Å²) in [6.45, 7) is 4.99. The number of nitrogens with zero attached hydrogens (tertiary/aromatic N) is 1. The first-order valence-corrected chi connectivity index (χ1v) is 22.8. The van der Waals surface area contributed by atoms with Gasteiger partial charge in [0.1, 0.15) is 11.2 Å². The summed E-state index contributed by atoms with van der Waals surface area (Å²) < 4.78 is 6.54. The van der Waals surface area contributed by atoms with Crippen LogP contribution in [-0.2, 0) is 11.8 Å². The molecule has 14 rings (SSSR count). The third-order valence-electron chi connectivity index (χ3n) is 16.5. The molecule has 60 heavy (non-hydrogen) atoms. The Bertz CT molecular complexity index is 3010. The summed E-state index contributed by atoms with van der Waals surface area (Å²) in [7, 11) is 0. The Hall–Kier alpha value is -5.86. The number of para-hydroxylation sites is 2. The van der Waals surface area contributed by atoms with Crippen LogP contribution in [0.15, 0.2) is 156 Å². The molecule has 6 aliphatic carbocycles. The van der Waals surface area contributed by atoms with Crippen molar-refractivity contribution in [3.8, 4) is 33.4 Å². The van der Waals surface area contributed by atoms with Crippen LogP contribution in [0.25, 0.3) is 55.3 Å². The molecule has 2 nitrogen and oxygen atoms in total. The molecule has 8 aromatic rings. The van der Waals surface area contributed by atoms with E-state index in [-0.39, 0.29) is 5.41 Å². The van der Waals surface area contributed by atoms with Gasteiger partial charge in [0, 0.05) is 38.7 Å². The van der Waals surface area contributed by atoms with Gasteiger partial charge in [0.05, 0.1) is 5.69 Å². The van der Waals surface area contributed by atoms with Crippen molar-refractivity contribution < 1.29 is 4.42 Å². The van der Waals surface area contributed by atoms with E-state index >= 15 is 0 Å². The molecular formula is C58H51NO. The molecule has 3 saturated carbocycles. The zero-order chi connectivity index (χ0) is 39.7. The van der Waals surface area contributed by atoms with Gasteiger partial charge in [-0.25, -0.2) is 0 Å². The molecule has 0 amide bonds. The second-order valence-corrected chi connectivity index (χ2v) is 19.3. The number of benzene rings is 7. The summed E-state index contributed by atoms with van der Waals surface area (Å²) in [6.07, 6.45) is 9.16. The fraction of sp³-hybridized carbons (Fsp3) is 0.276. The second-order valence-electron chi connectivity index (χ2n) is 19.3. The highest BCUT2D eigenvalue weighted by Crippen LogP contribution is 2.67. The van der Waals surface area contributed by atoms with Gasteiger partial charge in [-0.05, 0) is 155 Å². The predicted molar refractivity (Wildman–Crippen MR) is 248 cm³/mol. The minimum Gasteiger partial charge on any atom is -0.455 e. The maximum atomic E-state index is 6.54. The highest BCUT2D eigenvalue weighted by molar-refractivity contribution is 6.09. The van der Waals surface area contributed by atoms with Gasteiger partial charge in [-0.3, -0.25) is 0 Å². The molecule has 7 aromatic carbocycles. The van der Waals surface area contributed by atoms with Gasteiger partial charge in [0.25, 0.3) is 0 Å². The predicted octanol–water partition coefficient (Wildman–Crippen LogP) is 15.8. The van der Waals surface area contributed by atoms with Crippen molar-refractivity contribution in [1.82, 2.24) is 0 Å². The van der Waals surface area contributed by atoms with E-state index in [0.29, 0.717) is 11.8 Å². The first kappa shape index (κ1) is 34.9. The van der Waals surface area contributed by atoms with E-state index < -0.39 is 0 Å². The maximum absolute atomic E-state index is 6.54. The highest BCUT2D eigenvalue weighted by Gasteiger charge is 2.57. The summed E-state index contributed by atoms with van der Waals surface area (Å²) in [5.41, 5.74) is 19.7. The van der Waals surface area contributed by atoms with Crippen LogP contribution in [0.1, 0.15) is 80.5 Å². The van der Waals surface area contributed by atoms with E-state index in [1.807, 2.05) is 0 Å². The Labute approximate surface area is 353 Å². The Kier molecular flexibility index (Phi) is 7.61. The molecule has 5 unspecified atom stereocenters. The first-order valence-electron chi connectivity index (χ1n) is 22.8. The molecule has 0 aliphatic heterocycles. The van der Waals surface area contributed by atoms with Gasteiger partial charge in [-0.1, -0.05) is 136 Å². The van der Waals surface area contributed by atoms with Crippen molar-refractivity contribution in [2.24, 2.45) is 29.6 Å². The van der Waals surface area contributed by atoms with E-state index in [1.165, 1.54) is 89.0 Å². The molecule has 6 aliphatic rings. The Morgan fingerprint density at radius 1 is 0.583 bits per heavy atom. The fourth-order valence-electron chi connectivity index (χ4n) is 13.6. The normalized spacial score (nSPS) is 25.8. The van der Waals surface area contributed by atoms with Gasteiger partial charge in [-0.15, -0.1) is 0 Å². The Balaban J connectivity index is 1.02. The van der Waals surface area contributed by atoms with Gasteiger partial charge in [0.15, 0.2) is 0 Å². The van der Waals surface area contributed by atoms with Crippen molar-refractivity contribution in [1.29, 1.82) is 0 Å². The summed E-state index contributed by atoms with van der Waals surface area (Å²) in [4.78, 5) is 2.60. The van der Waals surface area contributed by atoms with Crippen molar-refractivity contribution in [3.63, 3.8) is 0 Å². The third-order valence-corrected chi connectivity index (χ3v) is 16.5. The van der Waals surface area contributed by atoms with E-state index in [4.69, 9.17) is 4.42 Å². The lowest BCUT2D eigenvalue weighted by Gasteiger charge is -2.45. The summed E-state index contributed by atoms with van der Waals surface area (Å²) >= 11 is 0. The molecule has 0 N–H and O–H groups in total. The number of furan rings is 1. The summed E-state index contributed by atoms with van der Waals surface area (Å²) in [5.74, 6) is 4.42. The minimum absolute atomic E-state index is 0.112. The first-order chi connectivity index (χ1) is 29.5. The minimum atomic E-state index is 0.112. The fourth-order valence-corrected chi connectivity index (χ4v) is 13.6. The number of hydrogen-bond acceptors (Lipinski definition) is 2. The van der Waals surface area contributed by atoms with Gasteiger partial charge in [0.2, 0.25) is 0 Å². The Morgan fingerprint density at radius 3 is 2.18 bits per heavy atom. The number of hydrogen-bond donors (Lipinski definition) is 0. The number of rotatable bonds is 4. The molecule has 2 heteroatoms. The summed E-state index contributed by atoms with van der Waals surface area (Å²) in [6, 6.07) is 57.8. The van der Waals surface area contributed by atoms with E-state index in [1.54, 1.807) is 11.1 Å². The van der Waals surface area contributed by atoms with Crippen LogP contribution in [-0.4, -0.2) is 0 Å². The average molecular weight is 778 g/mol. The van der Waals surface area contributed by atoms with E-state index in [9.17, 15) is 0 Å². The zero-order valence-electron chi connectivity index (χ0n) is 34.7. The van der Waals surface area contributed by atoms with Gasteiger partial charge < -0.3 is 9.32 Å². The molecule has 294 valence electrons. The van der Waals surface area contributed by atoms with E-state index in [0.717, 1.165) is 63.2 Å². The second kappa shape index (κ2) is 13.1. The molecule has 7 atom stereocenters. The number of fused-ring (bicyclic) bond motifs is 12. The van der Waals surface area contributed by atoms with Crippen LogP contribution in [0.4, 0.5) is 17.1 Å². The van der Waals surface area contributed by atoms with Crippen LogP contribution >= 0.6 is 0 Å². The molecule has 0 saturated heterocycles. The lowest BCUT2D eigenvalue weighted by Crippen LogP contribution is -2.37. The van der Waals surface area contributed by atoms with Crippen LogP contribution < -0.4 is 4.90 Å². The highest BCUT2D eigenvalue weighted by atomic mass is 16.3.